The summed E-state index contributed by atoms with van der Waals surface area (Å²) >= 11 is 0. The summed E-state index contributed by atoms with van der Waals surface area (Å²) in [4.78, 5) is 11.7. The Balaban J connectivity index is 3.43. The Morgan fingerprint density at radius 2 is 0.925 bits per heavy atom. The Morgan fingerprint density at radius 1 is 0.525 bits per heavy atom. The van der Waals surface area contributed by atoms with Crippen molar-refractivity contribution in [1.82, 2.24) is 0 Å². The van der Waals surface area contributed by atoms with Crippen LogP contribution >= 0.6 is 0 Å². The summed E-state index contributed by atoms with van der Waals surface area (Å²) in [5, 5.41) is 20.9. The molecule has 40 heavy (non-hydrogen) atoms. The summed E-state index contributed by atoms with van der Waals surface area (Å²) < 4.78 is 24.0. The standard InChI is InChI=1S/C33H58O7/c1-5-9-13-17-18-19-23-27-29(40-33(35)36)28(34)31(38-25-21-15-11-7-3)32(39-26-22-16-12-8-4)30(27)37-24-20-14-10-6-2/h34H,5-26H2,1-4H3,(H,35,36). The molecule has 232 valence electrons. The molecule has 0 heterocycles. The smallest absolute Gasteiger partial charge is 0.502 e. The van der Waals surface area contributed by atoms with E-state index in [0.717, 1.165) is 96.3 Å². The SMILES string of the molecule is CCCCCCCCc1c(OC(=O)O)c(O)c(OCCCCCC)c(OCCCCCC)c1OCCCCCC. The summed E-state index contributed by atoms with van der Waals surface area (Å²) in [6.45, 7) is 10.0. The Morgan fingerprint density at radius 3 is 1.40 bits per heavy atom. The van der Waals surface area contributed by atoms with Gasteiger partial charge in [0.25, 0.3) is 0 Å². The Bertz CT molecular complexity index is 794. The minimum Gasteiger partial charge on any atom is -0.502 e. The first kappa shape index (κ1) is 35.7. The van der Waals surface area contributed by atoms with E-state index in [0.29, 0.717) is 43.3 Å². The van der Waals surface area contributed by atoms with Crippen LogP contribution in [0.4, 0.5) is 4.79 Å². The topological polar surface area (TPSA) is 94.5 Å². The first-order valence-electron chi connectivity index (χ1n) is 16.2. The fourth-order valence-electron chi connectivity index (χ4n) is 4.73. The van der Waals surface area contributed by atoms with Crippen LogP contribution in [0.25, 0.3) is 0 Å². The maximum absolute atomic E-state index is 11.7. The van der Waals surface area contributed by atoms with Gasteiger partial charge in [0.05, 0.1) is 19.8 Å². The van der Waals surface area contributed by atoms with Gasteiger partial charge in [-0.3, -0.25) is 0 Å². The lowest BCUT2D eigenvalue weighted by Crippen LogP contribution is -2.12. The molecule has 1 rings (SSSR count). The van der Waals surface area contributed by atoms with Crippen LogP contribution < -0.4 is 18.9 Å². The van der Waals surface area contributed by atoms with Crippen LogP contribution in [0.15, 0.2) is 0 Å². The van der Waals surface area contributed by atoms with Crippen LogP contribution in [-0.2, 0) is 6.42 Å². The Kier molecular flexibility index (Phi) is 20.9. The number of carboxylic acid groups (broad SMARTS) is 1. The number of ether oxygens (including phenoxy) is 4. The lowest BCUT2D eigenvalue weighted by molar-refractivity contribution is 0.141. The van der Waals surface area contributed by atoms with Gasteiger partial charge in [-0.05, 0) is 32.1 Å². The quantitative estimate of drug-likeness (QED) is 0.0654. The van der Waals surface area contributed by atoms with Crippen molar-refractivity contribution in [2.45, 2.75) is 150 Å². The molecule has 0 fully saturated rings. The number of unbranched alkanes of at least 4 members (excludes halogenated alkanes) is 14. The lowest BCUT2D eigenvalue weighted by atomic mass is 10.0. The highest BCUT2D eigenvalue weighted by atomic mass is 16.7. The minimum absolute atomic E-state index is 0.0912. The van der Waals surface area contributed by atoms with E-state index in [2.05, 4.69) is 27.7 Å². The van der Waals surface area contributed by atoms with E-state index in [1.165, 1.54) is 19.3 Å². The van der Waals surface area contributed by atoms with Gasteiger partial charge in [0.2, 0.25) is 17.2 Å². The average molecular weight is 567 g/mol. The molecule has 7 nitrogen and oxygen atoms in total. The molecule has 0 aromatic heterocycles. The zero-order valence-electron chi connectivity index (χ0n) is 26.0. The van der Waals surface area contributed by atoms with Gasteiger partial charge in [0.1, 0.15) is 0 Å². The minimum atomic E-state index is -1.48. The molecule has 0 saturated heterocycles. The highest BCUT2D eigenvalue weighted by Gasteiger charge is 2.30. The normalized spacial score (nSPS) is 11.0. The van der Waals surface area contributed by atoms with E-state index in [-0.39, 0.29) is 17.2 Å². The lowest BCUT2D eigenvalue weighted by Gasteiger charge is -2.23. The third-order valence-corrected chi connectivity index (χ3v) is 7.09. The number of benzene rings is 1. The highest BCUT2D eigenvalue weighted by Crippen LogP contribution is 2.54. The van der Waals surface area contributed by atoms with Crippen molar-refractivity contribution in [1.29, 1.82) is 0 Å². The molecule has 0 amide bonds. The van der Waals surface area contributed by atoms with Crippen molar-refractivity contribution in [3.05, 3.63) is 5.56 Å². The molecule has 0 saturated carbocycles. The number of carbonyl (C=O) groups is 1. The van der Waals surface area contributed by atoms with Gasteiger partial charge in [-0.25, -0.2) is 4.79 Å². The van der Waals surface area contributed by atoms with Crippen LogP contribution in [0.1, 0.15) is 149 Å². The third-order valence-electron chi connectivity index (χ3n) is 7.09. The summed E-state index contributed by atoms with van der Waals surface area (Å²) in [7, 11) is 0. The molecule has 7 heteroatoms. The van der Waals surface area contributed by atoms with Gasteiger partial charge in [-0.15, -0.1) is 0 Å². The van der Waals surface area contributed by atoms with Gasteiger partial charge in [-0.1, -0.05) is 118 Å². The van der Waals surface area contributed by atoms with E-state index < -0.39 is 6.16 Å². The molecule has 2 N–H and O–H groups in total. The Hall–Kier alpha value is -2.31. The van der Waals surface area contributed by atoms with E-state index in [4.69, 9.17) is 18.9 Å². The molecule has 0 unspecified atom stereocenters. The van der Waals surface area contributed by atoms with Crippen molar-refractivity contribution in [3.8, 4) is 28.7 Å². The van der Waals surface area contributed by atoms with Crippen molar-refractivity contribution in [2.75, 3.05) is 19.8 Å². The summed E-state index contributed by atoms with van der Waals surface area (Å²) in [6, 6.07) is 0. The first-order chi connectivity index (χ1) is 19.5. The maximum Gasteiger partial charge on any atom is 0.511 e. The summed E-state index contributed by atoms with van der Waals surface area (Å²) in [5.74, 6) is 0.544. The monoisotopic (exact) mass is 566 g/mol. The van der Waals surface area contributed by atoms with Gasteiger partial charge < -0.3 is 29.2 Å². The molecule has 0 atom stereocenters. The van der Waals surface area contributed by atoms with E-state index in [9.17, 15) is 15.0 Å². The van der Waals surface area contributed by atoms with Crippen molar-refractivity contribution < 1.29 is 34.0 Å². The van der Waals surface area contributed by atoms with Crippen LogP contribution in [0, 0.1) is 0 Å². The van der Waals surface area contributed by atoms with Gasteiger partial charge in [0.15, 0.2) is 11.5 Å². The summed E-state index contributed by atoms with van der Waals surface area (Å²) in [5.41, 5.74) is 0.549. The number of rotatable bonds is 26. The number of hydrogen-bond acceptors (Lipinski definition) is 6. The largest absolute Gasteiger partial charge is 0.511 e. The van der Waals surface area contributed by atoms with Crippen LogP contribution in [0.2, 0.25) is 0 Å². The second-order valence-electron chi connectivity index (χ2n) is 10.8. The third kappa shape index (κ3) is 14.4. The van der Waals surface area contributed by atoms with Gasteiger partial charge in [-0.2, -0.15) is 0 Å². The average Bonchev–Trinajstić information content (AvgIpc) is 2.94. The number of phenolic OH excluding ortho intramolecular Hbond substituents is 1. The molecule has 0 bridgehead atoms. The van der Waals surface area contributed by atoms with E-state index in [1.54, 1.807) is 0 Å². The molecule has 0 radical (unpaired) electrons. The fraction of sp³-hybridized carbons (Fsp3) is 0.788. The maximum atomic E-state index is 11.7. The molecule has 0 aliphatic heterocycles. The fourth-order valence-corrected chi connectivity index (χ4v) is 4.73. The molecule has 0 aliphatic rings. The van der Waals surface area contributed by atoms with Crippen LogP contribution in [0.5, 0.6) is 28.7 Å². The zero-order chi connectivity index (χ0) is 29.4. The predicted octanol–water partition coefficient (Wildman–Crippen LogP) is 10.2. The van der Waals surface area contributed by atoms with Gasteiger partial charge in [0, 0.05) is 5.56 Å². The van der Waals surface area contributed by atoms with Crippen LogP contribution in [-0.4, -0.2) is 36.2 Å². The highest BCUT2D eigenvalue weighted by molar-refractivity contribution is 5.73. The summed E-state index contributed by atoms with van der Waals surface area (Å²) in [6.07, 6.45) is 18.0. The van der Waals surface area contributed by atoms with Crippen LogP contribution in [0.3, 0.4) is 0 Å². The predicted molar refractivity (Wildman–Crippen MR) is 163 cm³/mol. The number of aromatic hydroxyl groups is 1. The zero-order valence-corrected chi connectivity index (χ0v) is 26.0. The molecular weight excluding hydrogens is 508 g/mol. The van der Waals surface area contributed by atoms with Gasteiger partial charge >= 0.3 is 6.16 Å². The Labute approximate surface area is 243 Å². The van der Waals surface area contributed by atoms with Crippen molar-refractivity contribution in [2.24, 2.45) is 0 Å². The molecule has 1 aromatic rings. The molecule has 0 spiro atoms. The van der Waals surface area contributed by atoms with E-state index in [1.807, 2.05) is 0 Å². The van der Waals surface area contributed by atoms with Crippen molar-refractivity contribution >= 4 is 6.16 Å². The molecule has 1 aromatic carbocycles. The van der Waals surface area contributed by atoms with Crippen molar-refractivity contribution in [3.63, 3.8) is 0 Å². The molecular formula is C33H58O7. The molecule has 0 aliphatic carbocycles. The van der Waals surface area contributed by atoms with E-state index >= 15 is 0 Å². The second-order valence-corrected chi connectivity index (χ2v) is 10.8. The number of phenols is 1. The first-order valence-corrected chi connectivity index (χ1v) is 16.2. The second kappa shape index (κ2) is 23.4. The number of hydrogen-bond donors (Lipinski definition) is 2.